The molecule has 1 nitrogen and oxygen atoms in total. The molecule has 1 atom stereocenters. The highest BCUT2D eigenvalue weighted by Gasteiger charge is 1.95. The zero-order valence-corrected chi connectivity index (χ0v) is 8.62. The summed E-state index contributed by atoms with van der Waals surface area (Å²) in [5, 5.41) is 3.57. The molecule has 0 amide bonds. The van der Waals surface area contributed by atoms with Gasteiger partial charge in [-0.25, -0.2) is 0 Å². The van der Waals surface area contributed by atoms with Gasteiger partial charge >= 0.3 is 0 Å². The first-order chi connectivity index (χ1) is 5.13. The van der Waals surface area contributed by atoms with Crippen molar-refractivity contribution >= 4 is 11.6 Å². The molecule has 0 fully saturated rings. The Morgan fingerprint density at radius 1 is 1.27 bits per heavy atom. The van der Waals surface area contributed by atoms with Crippen molar-refractivity contribution in [3.8, 4) is 0 Å². The highest BCUT2D eigenvalue weighted by molar-refractivity contribution is 6.20. The zero-order chi connectivity index (χ0) is 8.69. The monoisotopic (exact) mass is 177 g/mol. The number of rotatable bonds is 6. The van der Waals surface area contributed by atoms with Crippen molar-refractivity contribution in [2.24, 2.45) is 5.92 Å². The van der Waals surface area contributed by atoms with Gasteiger partial charge in [0.15, 0.2) is 0 Å². The zero-order valence-electron chi connectivity index (χ0n) is 7.86. The Labute approximate surface area is 75.5 Å². The quantitative estimate of drug-likeness (QED) is 0.486. The van der Waals surface area contributed by atoms with E-state index in [9.17, 15) is 0 Å². The van der Waals surface area contributed by atoms with Gasteiger partial charge < -0.3 is 5.32 Å². The van der Waals surface area contributed by atoms with Gasteiger partial charge in [-0.2, -0.15) is 0 Å². The van der Waals surface area contributed by atoms with Crippen LogP contribution < -0.4 is 5.32 Å². The van der Waals surface area contributed by atoms with E-state index in [1.807, 2.05) is 6.92 Å². The lowest BCUT2D eigenvalue weighted by Gasteiger charge is -2.06. The second-order valence-electron chi connectivity index (χ2n) is 3.52. The van der Waals surface area contributed by atoms with E-state index in [0.29, 0.717) is 0 Å². The predicted molar refractivity (Wildman–Crippen MR) is 52.3 cm³/mol. The maximum absolute atomic E-state index is 5.76. The van der Waals surface area contributed by atoms with Crippen LogP contribution in [0.4, 0.5) is 0 Å². The molecule has 0 rings (SSSR count). The van der Waals surface area contributed by atoms with Crippen LogP contribution in [0.5, 0.6) is 0 Å². The highest BCUT2D eigenvalue weighted by atomic mass is 35.5. The van der Waals surface area contributed by atoms with E-state index >= 15 is 0 Å². The summed E-state index contributed by atoms with van der Waals surface area (Å²) >= 11 is 5.76. The summed E-state index contributed by atoms with van der Waals surface area (Å²) in [5.74, 6) is 0.824. The maximum Gasteiger partial charge on any atom is 0.0432 e. The van der Waals surface area contributed by atoms with Crippen molar-refractivity contribution < 1.29 is 0 Å². The molecule has 1 unspecified atom stereocenters. The van der Waals surface area contributed by atoms with Crippen LogP contribution in [-0.4, -0.2) is 18.5 Å². The summed E-state index contributed by atoms with van der Waals surface area (Å²) in [5.41, 5.74) is 0. The average Bonchev–Trinajstić information content (AvgIpc) is 1.85. The molecule has 0 saturated heterocycles. The molecule has 0 saturated carbocycles. The van der Waals surface area contributed by atoms with Gasteiger partial charge in [0.2, 0.25) is 0 Å². The van der Waals surface area contributed by atoms with Crippen LogP contribution in [-0.2, 0) is 0 Å². The van der Waals surface area contributed by atoms with E-state index in [-0.39, 0.29) is 5.38 Å². The summed E-state index contributed by atoms with van der Waals surface area (Å²) in [7, 11) is 0. The van der Waals surface area contributed by atoms with E-state index in [0.717, 1.165) is 19.0 Å². The first kappa shape index (κ1) is 11.2. The predicted octanol–water partition coefficient (Wildman–Crippen LogP) is 2.64. The molecule has 0 bridgehead atoms. The lowest BCUT2D eigenvalue weighted by atomic mass is 10.1. The SMILES string of the molecule is CC(C)CCCNCC(C)Cl. The van der Waals surface area contributed by atoms with Gasteiger partial charge in [0.25, 0.3) is 0 Å². The van der Waals surface area contributed by atoms with E-state index in [4.69, 9.17) is 11.6 Å². The Morgan fingerprint density at radius 3 is 2.36 bits per heavy atom. The number of nitrogens with one attached hydrogen (secondary N) is 1. The van der Waals surface area contributed by atoms with Crippen molar-refractivity contribution in [3.05, 3.63) is 0 Å². The summed E-state index contributed by atoms with van der Waals surface area (Å²) in [4.78, 5) is 0. The van der Waals surface area contributed by atoms with Crippen molar-refractivity contribution in [1.82, 2.24) is 5.32 Å². The number of hydrogen-bond acceptors (Lipinski definition) is 1. The lowest BCUT2D eigenvalue weighted by molar-refractivity contribution is 0.528. The Morgan fingerprint density at radius 2 is 1.91 bits per heavy atom. The fourth-order valence-corrected chi connectivity index (χ4v) is 1.05. The minimum atomic E-state index is 0.258. The summed E-state index contributed by atoms with van der Waals surface area (Å²) in [6, 6.07) is 0. The normalized spacial score (nSPS) is 13.9. The van der Waals surface area contributed by atoms with E-state index < -0.39 is 0 Å². The third-order valence-corrected chi connectivity index (χ3v) is 1.71. The Balaban J connectivity index is 2.91. The number of halogens is 1. The van der Waals surface area contributed by atoms with Gasteiger partial charge in [0, 0.05) is 11.9 Å². The van der Waals surface area contributed by atoms with Gasteiger partial charge in [0.1, 0.15) is 0 Å². The third-order valence-electron chi connectivity index (χ3n) is 1.56. The Bertz CT molecular complexity index is 71.6. The molecule has 0 aliphatic heterocycles. The van der Waals surface area contributed by atoms with Crippen molar-refractivity contribution in [2.75, 3.05) is 13.1 Å². The molecule has 0 spiro atoms. The molecule has 1 N–H and O–H groups in total. The number of hydrogen-bond donors (Lipinski definition) is 1. The molecule has 0 aliphatic carbocycles. The fourth-order valence-electron chi connectivity index (χ4n) is 0.936. The smallest absolute Gasteiger partial charge is 0.0432 e. The van der Waals surface area contributed by atoms with E-state index in [1.165, 1.54) is 12.8 Å². The van der Waals surface area contributed by atoms with E-state index in [1.54, 1.807) is 0 Å². The number of alkyl halides is 1. The summed E-state index contributed by atoms with van der Waals surface area (Å²) in [6.45, 7) is 8.56. The van der Waals surface area contributed by atoms with Crippen molar-refractivity contribution in [2.45, 2.75) is 39.0 Å². The van der Waals surface area contributed by atoms with Gasteiger partial charge in [-0.1, -0.05) is 13.8 Å². The minimum Gasteiger partial charge on any atom is -0.315 e. The Hall–Kier alpha value is 0.250. The van der Waals surface area contributed by atoms with Gasteiger partial charge in [-0.05, 0) is 32.2 Å². The molecule has 2 heteroatoms. The second-order valence-corrected chi connectivity index (χ2v) is 4.27. The maximum atomic E-state index is 5.76. The second kappa shape index (κ2) is 6.93. The van der Waals surface area contributed by atoms with Gasteiger partial charge in [-0.15, -0.1) is 11.6 Å². The molecule has 11 heavy (non-hydrogen) atoms. The van der Waals surface area contributed by atoms with Gasteiger partial charge in [-0.3, -0.25) is 0 Å². The molecule has 0 heterocycles. The van der Waals surface area contributed by atoms with Crippen LogP contribution in [0.3, 0.4) is 0 Å². The van der Waals surface area contributed by atoms with Crippen LogP contribution in [0.1, 0.15) is 33.6 Å². The largest absolute Gasteiger partial charge is 0.315 e. The molecule has 0 aliphatic rings. The fraction of sp³-hybridized carbons (Fsp3) is 1.00. The molecular weight excluding hydrogens is 158 g/mol. The Kier molecular flexibility index (Phi) is 7.09. The first-order valence-corrected chi connectivity index (χ1v) is 4.91. The summed E-state index contributed by atoms with van der Waals surface area (Å²) < 4.78 is 0. The van der Waals surface area contributed by atoms with Crippen molar-refractivity contribution in [1.29, 1.82) is 0 Å². The molecule has 68 valence electrons. The summed E-state index contributed by atoms with van der Waals surface area (Å²) in [6.07, 6.45) is 2.57. The molecule has 0 aromatic rings. The molecule has 0 aromatic carbocycles. The molecule has 0 radical (unpaired) electrons. The standard InChI is InChI=1S/C9H20ClN/c1-8(2)5-4-6-11-7-9(3)10/h8-9,11H,4-7H2,1-3H3. The average molecular weight is 178 g/mol. The van der Waals surface area contributed by atoms with Crippen LogP contribution in [0.2, 0.25) is 0 Å². The van der Waals surface area contributed by atoms with Gasteiger partial charge in [0.05, 0.1) is 0 Å². The molecular formula is C9H20ClN. The van der Waals surface area contributed by atoms with Crippen LogP contribution >= 0.6 is 11.6 Å². The van der Waals surface area contributed by atoms with Crippen LogP contribution in [0.15, 0.2) is 0 Å². The van der Waals surface area contributed by atoms with Crippen LogP contribution in [0.25, 0.3) is 0 Å². The first-order valence-electron chi connectivity index (χ1n) is 4.47. The lowest BCUT2D eigenvalue weighted by Crippen LogP contribution is -2.22. The minimum absolute atomic E-state index is 0.258. The van der Waals surface area contributed by atoms with E-state index in [2.05, 4.69) is 19.2 Å². The third kappa shape index (κ3) is 10.2. The van der Waals surface area contributed by atoms with Crippen molar-refractivity contribution in [3.63, 3.8) is 0 Å². The topological polar surface area (TPSA) is 12.0 Å². The molecule has 0 aromatic heterocycles. The highest BCUT2D eigenvalue weighted by Crippen LogP contribution is 2.01. The van der Waals surface area contributed by atoms with Crippen LogP contribution in [0, 0.1) is 5.92 Å².